The number of hydrogen-bond acceptors (Lipinski definition) is 1. The van der Waals surface area contributed by atoms with Crippen LogP contribution in [0.2, 0.25) is 0 Å². The smallest absolute Gasteiger partial charge is 0.0972 e. The van der Waals surface area contributed by atoms with Crippen molar-refractivity contribution in [2.75, 3.05) is 0 Å². The molecule has 0 radical (unpaired) electrons. The van der Waals surface area contributed by atoms with E-state index in [-0.39, 0.29) is 5.41 Å². The average molecular weight is 240 g/mol. The van der Waals surface area contributed by atoms with Crippen LogP contribution in [0.5, 0.6) is 0 Å². The maximum atomic E-state index is 10.2. The molecule has 2 aromatic carbocycles. The summed E-state index contributed by atoms with van der Waals surface area (Å²) >= 11 is 0. The van der Waals surface area contributed by atoms with Gasteiger partial charge in [0.05, 0.1) is 6.10 Å². The van der Waals surface area contributed by atoms with Gasteiger partial charge in [0.15, 0.2) is 0 Å². The Morgan fingerprint density at radius 2 is 1.67 bits per heavy atom. The highest BCUT2D eigenvalue weighted by molar-refractivity contribution is 5.83. The molecule has 1 N–H and O–H groups in total. The number of hydrogen-bond donors (Lipinski definition) is 1. The van der Waals surface area contributed by atoms with Gasteiger partial charge in [-0.3, -0.25) is 0 Å². The second-order valence-electron chi connectivity index (χ2n) is 5.78. The summed E-state index contributed by atoms with van der Waals surface area (Å²) in [6.07, 6.45) is 3.38. The van der Waals surface area contributed by atoms with Crippen LogP contribution in [0.1, 0.15) is 32.4 Å². The highest BCUT2D eigenvalue weighted by atomic mass is 16.3. The Morgan fingerprint density at radius 3 is 2.33 bits per heavy atom. The minimum absolute atomic E-state index is 0.0951. The summed E-state index contributed by atoms with van der Waals surface area (Å²) in [5.74, 6) is 0. The lowest BCUT2D eigenvalue weighted by Gasteiger charge is -2.13. The van der Waals surface area contributed by atoms with Gasteiger partial charge < -0.3 is 5.11 Å². The predicted molar refractivity (Wildman–Crippen MR) is 77.5 cm³/mol. The summed E-state index contributed by atoms with van der Waals surface area (Å²) in [5, 5.41) is 12.5. The first kappa shape index (κ1) is 12.8. The lowest BCUT2D eigenvalue weighted by atomic mass is 9.94. The molecule has 0 heterocycles. The van der Waals surface area contributed by atoms with E-state index in [0.717, 1.165) is 5.56 Å². The molecule has 0 unspecified atom stereocenters. The molecule has 0 spiro atoms. The van der Waals surface area contributed by atoms with Crippen molar-refractivity contribution in [3.8, 4) is 0 Å². The van der Waals surface area contributed by atoms with Crippen molar-refractivity contribution >= 4 is 10.8 Å². The van der Waals surface area contributed by atoms with Gasteiger partial charge in [-0.1, -0.05) is 69.3 Å². The molecule has 1 heteroatoms. The zero-order chi connectivity index (χ0) is 13.2. The number of rotatable bonds is 2. The normalized spacial score (nSPS) is 14.2. The molecule has 94 valence electrons. The number of benzene rings is 2. The van der Waals surface area contributed by atoms with Crippen LogP contribution in [0.4, 0.5) is 0 Å². The molecule has 0 aromatic heterocycles. The Labute approximate surface area is 109 Å². The topological polar surface area (TPSA) is 20.2 Å². The Hall–Kier alpha value is -1.60. The first-order valence-electron chi connectivity index (χ1n) is 6.32. The quantitative estimate of drug-likeness (QED) is 0.767. The first-order valence-corrected chi connectivity index (χ1v) is 6.32. The molecule has 18 heavy (non-hydrogen) atoms. The third-order valence-electron chi connectivity index (χ3n) is 2.89. The van der Waals surface area contributed by atoms with Gasteiger partial charge in [0, 0.05) is 0 Å². The van der Waals surface area contributed by atoms with Crippen molar-refractivity contribution in [1.29, 1.82) is 0 Å². The Kier molecular flexibility index (Phi) is 3.53. The molecule has 1 atom stereocenters. The number of aliphatic hydroxyl groups is 1. The van der Waals surface area contributed by atoms with E-state index in [4.69, 9.17) is 0 Å². The maximum Gasteiger partial charge on any atom is 0.0972 e. The van der Waals surface area contributed by atoms with E-state index in [0.29, 0.717) is 0 Å². The standard InChI is InChI=1S/C17H20O/c1-17(2,3)11-10-16(18)15-9-8-13-6-4-5-7-14(13)12-15/h4-12,16,18H,1-3H3/b11-10+/t16-/m1/s1. The van der Waals surface area contributed by atoms with E-state index in [1.54, 1.807) is 0 Å². The van der Waals surface area contributed by atoms with Gasteiger partial charge in [-0.25, -0.2) is 0 Å². The second kappa shape index (κ2) is 4.95. The SMILES string of the molecule is CC(C)(C)/C=C/[C@@H](O)c1ccc2ccccc2c1. The maximum absolute atomic E-state index is 10.2. The van der Waals surface area contributed by atoms with Crippen LogP contribution in [-0.2, 0) is 0 Å². The molecular formula is C17H20O. The average Bonchev–Trinajstić information content (AvgIpc) is 2.34. The van der Waals surface area contributed by atoms with Crippen molar-refractivity contribution < 1.29 is 5.11 Å². The van der Waals surface area contributed by atoms with Gasteiger partial charge in [0.1, 0.15) is 0 Å². The van der Waals surface area contributed by atoms with Crippen molar-refractivity contribution in [3.05, 3.63) is 60.2 Å². The molecule has 0 aliphatic rings. The van der Waals surface area contributed by atoms with Crippen molar-refractivity contribution in [2.45, 2.75) is 26.9 Å². The molecular weight excluding hydrogens is 220 g/mol. The van der Waals surface area contributed by atoms with Gasteiger partial charge in [-0.05, 0) is 27.8 Å². The third kappa shape index (κ3) is 3.21. The number of aliphatic hydroxyl groups excluding tert-OH is 1. The molecule has 0 amide bonds. The van der Waals surface area contributed by atoms with Crippen LogP contribution in [0.15, 0.2) is 54.6 Å². The minimum atomic E-state index is -0.533. The van der Waals surface area contributed by atoms with E-state index in [1.807, 2.05) is 36.4 Å². The van der Waals surface area contributed by atoms with Gasteiger partial charge in [0.2, 0.25) is 0 Å². The largest absolute Gasteiger partial charge is 0.384 e. The summed E-state index contributed by atoms with van der Waals surface area (Å²) in [5.41, 5.74) is 1.03. The van der Waals surface area contributed by atoms with E-state index < -0.39 is 6.10 Å². The van der Waals surface area contributed by atoms with Crippen LogP contribution >= 0.6 is 0 Å². The summed E-state index contributed by atoms with van der Waals surface area (Å²) in [6, 6.07) is 14.3. The summed E-state index contributed by atoms with van der Waals surface area (Å²) in [7, 11) is 0. The van der Waals surface area contributed by atoms with E-state index >= 15 is 0 Å². The first-order chi connectivity index (χ1) is 8.46. The van der Waals surface area contributed by atoms with Gasteiger partial charge in [0.25, 0.3) is 0 Å². The molecule has 0 aliphatic carbocycles. The van der Waals surface area contributed by atoms with Crippen LogP contribution < -0.4 is 0 Å². The van der Waals surface area contributed by atoms with Crippen LogP contribution in [0.25, 0.3) is 10.8 Å². The molecule has 0 bridgehead atoms. The van der Waals surface area contributed by atoms with Crippen LogP contribution in [0, 0.1) is 5.41 Å². The minimum Gasteiger partial charge on any atom is -0.384 e. The molecule has 0 fully saturated rings. The molecule has 0 saturated carbocycles. The predicted octanol–water partition coefficient (Wildman–Crippen LogP) is 4.48. The van der Waals surface area contributed by atoms with E-state index in [1.165, 1.54) is 10.8 Å². The monoisotopic (exact) mass is 240 g/mol. The van der Waals surface area contributed by atoms with E-state index in [9.17, 15) is 5.11 Å². The lowest BCUT2D eigenvalue weighted by molar-refractivity contribution is 0.227. The van der Waals surface area contributed by atoms with Gasteiger partial charge >= 0.3 is 0 Å². The summed E-state index contributed by atoms with van der Waals surface area (Å²) < 4.78 is 0. The fourth-order valence-corrected chi connectivity index (χ4v) is 1.88. The highest BCUT2D eigenvalue weighted by Crippen LogP contribution is 2.23. The Bertz CT molecular complexity index is 561. The Balaban J connectivity index is 2.28. The molecule has 2 rings (SSSR count). The Morgan fingerprint density at radius 1 is 1.00 bits per heavy atom. The summed E-state index contributed by atoms with van der Waals surface area (Å²) in [4.78, 5) is 0. The highest BCUT2D eigenvalue weighted by Gasteiger charge is 2.08. The fraction of sp³-hybridized carbons (Fsp3) is 0.294. The molecule has 0 saturated heterocycles. The fourth-order valence-electron chi connectivity index (χ4n) is 1.88. The number of allylic oxidation sites excluding steroid dienone is 1. The number of fused-ring (bicyclic) bond motifs is 1. The van der Waals surface area contributed by atoms with Crippen LogP contribution in [0.3, 0.4) is 0 Å². The third-order valence-corrected chi connectivity index (χ3v) is 2.89. The van der Waals surface area contributed by atoms with Crippen molar-refractivity contribution in [2.24, 2.45) is 5.41 Å². The van der Waals surface area contributed by atoms with Gasteiger partial charge in [-0.15, -0.1) is 0 Å². The van der Waals surface area contributed by atoms with Crippen molar-refractivity contribution in [1.82, 2.24) is 0 Å². The second-order valence-corrected chi connectivity index (χ2v) is 5.78. The molecule has 0 aliphatic heterocycles. The van der Waals surface area contributed by atoms with Crippen molar-refractivity contribution in [3.63, 3.8) is 0 Å². The zero-order valence-electron chi connectivity index (χ0n) is 11.2. The summed E-state index contributed by atoms with van der Waals surface area (Å²) in [6.45, 7) is 6.36. The zero-order valence-corrected chi connectivity index (χ0v) is 11.2. The molecule has 1 nitrogen and oxygen atoms in total. The molecule has 2 aromatic rings. The van der Waals surface area contributed by atoms with E-state index in [2.05, 4.69) is 39.0 Å². The lowest BCUT2D eigenvalue weighted by Crippen LogP contribution is -2.01. The van der Waals surface area contributed by atoms with Gasteiger partial charge in [-0.2, -0.15) is 0 Å². The van der Waals surface area contributed by atoms with Crippen LogP contribution in [-0.4, -0.2) is 5.11 Å².